The van der Waals surface area contributed by atoms with Gasteiger partial charge in [-0.25, -0.2) is 0 Å². The molecule has 12 heavy (non-hydrogen) atoms. The van der Waals surface area contributed by atoms with Gasteiger partial charge in [0.05, 0.1) is 24.9 Å². The van der Waals surface area contributed by atoms with E-state index < -0.39 is 12.2 Å². The predicted molar refractivity (Wildman–Crippen MR) is 44.7 cm³/mol. The van der Waals surface area contributed by atoms with Crippen molar-refractivity contribution in [2.45, 2.75) is 44.1 Å². The summed E-state index contributed by atoms with van der Waals surface area (Å²) in [6.07, 6.45) is 0.225. The molecule has 0 spiro atoms. The fraction of sp³-hybridized carbons (Fsp3) is 1.00. The molecule has 4 atom stereocenters. The number of nitrogens with one attached hydrogen (secondary N) is 1. The van der Waals surface area contributed by atoms with E-state index in [4.69, 9.17) is 5.11 Å². The Hall–Kier alpha value is -0.160. The third-order valence-electron chi connectivity index (χ3n) is 2.40. The molecule has 1 heterocycles. The second kappa shape index (κ2) is 4.18. The third-order valence-corrected chi connectivity index (χ3v) is 2.40. The second-order valence-electron chi connectivity index (χ2n) is 3.33. The topological polar surface area (TPSA) is 72.7 Å². The van der Waals surface area contributed by atoms with Gasteiger partial charge in [0.1, 0.15) is 0 Å². The van der Waals surface area contributed by atoms with Crippen LogP contribution in [0.4, 0.5) is 0 Å². The van der Waals surface area contributed by atoms with Crippen molar-refractivity contribution in [2.24, 2.45) is 0 Å². The lowest BCUT2D eigenvalue weighted by Gasteiger charge is -2.14. The molecule has 0 unspecified atom stereocenters. The summed E-state index contributed by atoms with van der Waals surface area (Å²) in [5, 5.41) is 30.6. The minimum atomic E-state index is -0.827. The molecule has 4 nitrogen and oxygen atoms in total. The highest BCUT2D eigenvalue weighted by atomic mass is 16.3. The molecule has 0 saturated carbocycles. The molecule has 1 aliphatic rings. The van der Waals surface area contributed by atoms with Crippen molar-refractivity contribution in [2.75, 3.05) is 6.61 Å². The number of hydrogen-bond acceptors (Lipinski definition) is 4. The van der Waals surface area contributed by atoms with E-state index in [1.807, 2.05) is 6.92 Å². The van der Waals surface area contributed by atoms with Crippen LogP contribution in [0.15, 0.2) is 0 Å². The van der Waals surface area contributed by atoms with Crippen LogP contribution in [-0.2, 0) is 0 Å². The lowest BCUT2D eigenvalue weighted by molar-refractivity contribution is 0.0188. The first-order valence-corrected chi connectivity index (χ1v) is 4.43. The molecule has 0 aliphatic carbocycles. The molecular formula is C8H17NO3. The van der Waals surface area contributed by atoms with Crippen LogP contribution in [0.3, 0.4) is 0 Å². The summed E-state index contributed by atoms with van der Waals surface area (Å²) in [5.74, 6) is 0. The highest BCUT2D eigenvalue weighted by Gasteiger charge is 2.39. The summed E-state index contributed by atoms with van der Waals surface area (Å²) < 4.78 is 0. The van der Waals surface area contributed by atoms with Crippen LogP contribution in [0, 0.1) is 0 Å². The largest absolute Gasteiger partial charge is 0.395 e. The summed E-state index contributed by atoms with van der Waals surface area (Å²) in [6.45, 7) is 1.89. The molecule has 1 saturated heterocycles. The van der Waals surface area contributed by atoms with E-state index in [1.165, 1.54) is 0 Å². The fourth-order valence-electron chi connectivity index (χ4n) is 1.67. The smallest absolute Gasteiger partial charge is 0.0989 e. The zero-order valence-electron chi connectivity index (χ0n) is 7.27. The van der Waals surface area contributed by atoms with Crippen molar-refractivity contribution in [1.82, 2.24) is 5.32 Å². The minimum Gasteiger partial charge on any atom is -0.395 e. The van der Waals surface area contributed by atoms with Gasteiger partial charge in [0.15, 0.2) is 0 Å². The first-order valence-electron chi connectivity index (χ1n) is 4.43. The lowest BCUT2D eigenvalue weighted by Crippen LogP contribution is -2.36. The molecule has 0 aromatic carbocycles. The number of rotatable bonds is 3. The van der Waals surface area contributed by atoms with E-state index in [0.29, 0.717) is 0 Å². The Bertz CT molecular complexity index is 142. The van der Waals surface area contributed by atoms with E-state index in [1.54, 1.807) is 0 Å². The Labute approximate surface area is 72.2 Å². The summed E-state index contributed by atoms with van der Waals surface area (Å²) in [5.41, 5.74) is 0. The van der Waals surface area contributed by atoms with Crippen molar-refractivity contribution in [1.29, 1.82) is 0 Å². The Morgan fingerprint density at radius 2 is 1.75 bits per heavy atom. The average molecular weight is 175 g/mol. The Morgan fingerprint density at radius 3 is 2.17 bits per heavy atom. The van der Waals surface area contributed by atoms with Gasteiger partial charge in [-0.3, -0.25) is 0 Å². The maximum atomic E-state index is 9.47. The van der Waals surface area contributed by atoms with E-state index in [0.717, 1.165) is 12.8 Å². The SMILES string of the molecule is CCC[C@H]1N[C@H](CO)[C@@H](O)[C@@H]1O. The number of aliphatic hydroxyl groups excluding tert-OH is 3. The van der Waals surface area contributed by atoms with E-state index in [9.17, 15) is 10.2 Å². The van der Waals surface area contributed by atoms with Crippen LogP contribution in [0.2, 0.25) is 0 Å². The lowest BCUT2D eigenvalue weighted by atomic mass is 10.1. The standard InChI is InChI=1S/C8H17NO3/c1-2-3-5-7(11)8(12)6(4-10)9-5/h5-12H,2-4H2,1H3/t5-,6-,7-,8-/m1/s1. The summed E-state index contributed by atoms with van der Waals surface area (Å²) >= 11 is 0. The maximum Gasteiger partial charge on any atom is 0.0989 e. The highest BCUT2D eigenvalue weighted by molar-refractivity contribution is 4.97. The molecule has 4 N–H and O–H groups in total. The predicted octanol–water partition coefficient (Wildman–Crippen LogP) is -1.16. The van der Waals surface area contributed by atoms with Gasteiger partial charge in [-0.1, -0.05) is 13.3 Å². The van der Waals surface area contributed by atoms with Crippen LogP contribution >= 0.6 is 0 Å². The maximum absolute atomic E-state index is 9.47. The first-order chi connectivity index (χ1) is 5.70. The van der Waals surface area contributed by atoms with Crippen molar-refractivity contribution in [3.63, 3.8) is 0 Å². The molecule has 72 valence electrons. The summed E-state index contributed by atoms with van der Waals surface area (Å²) in [4.78, 5) is 0. The molecule has 1 aliphatic heterocycles. The van der Waals surface area contributed by atoms with Gasteiger partial charge >= 0.3 is 0 Å². The van der Waals surface area contributed by atoms with Gasteiger partial charge in [-0.15, -0.1) is 0 Å². The molecular weight excluding hydrogens is 158 g/mol. The third kappa shape index (κ3) is 1.77. The summed E-state index contributed by atoms with van der Waals surface area (Å²) in [7, 11) is 0. The van der Waals surface area contributed by atoms with Gasteiger partial charge in [-0.05, 0) is 6.42 Å². The molecule has 4 heteroatoms. The average Bonchev–Trinajstić information content (AvgIpc) is 2.33. The van der Waals surface area contributed by atoms with Gasteiger partial charge in [-0.2, -0.15) is 0 Å². The van der Waals surface area contributed by atoms with Crippen LogP contribution in [0.5, 0.6) is 0 Å². The van der Waals surface area contributed by atoms with Crippen molar-refractivity contribution in [3.8, 4) is 0 Å². The van der Waals surface area contributed by atoms with Gasteiger partial charge in [0.25, 0.3) is 0 Å². The molecule has 0 amide bonds. The zero-order chi connectivity index (χ0) is 9.14. The molecule has 1 rings (SSSR count). The first kappa shape index (κ1) is 9.92. The number of aliphatic hydroxyl groups is 3. The second-order valence-corrected chi connectivity index (χ2v) is 3.33. The fourth-order valence-corrected chi connectivity index (χ4v) is 1.67. The molecule has 0 aromatic rings. The van der Waals surface area contributed by atoms with Crippen LogP contribution in [-0.4, -0.2) is 46.2 Å². The van der Waals surface area contributed by atoms with Crippen molar-refractivity contribution in [3.05, 3.63) is 0 Å². The Morgan fingerprint density at radius 1 is 1.17 bits per heavy atom. The van der Waals surface area contributed by atoms with Gasteiger partial charge < -0.3 is 20.6 Å². The van der Waals surface area contributed by atoms with Crippen molar-refractivity contribution >= 4 is 0 Å². The minimum absolute atomic E-state index is 0.0675. The molecule has 0 bridgehead atoms. The Kier molecular flexibility index (Phi) is 3.46. The highest BCUT2D eigenvalue weighted by Crippen LogP contribution is 2.17. The molecule has 0 radical (unpaired) electrons. The summed E-state index contributed by atoms with van der Waals surface area (Å²) in [6, 6.07) is -0.432. The van der Waals surface area contributed by atoms with Crippen LogP contribution in [0.1, 0.15) is 19.8 Å². The number of hydrogen-bond donors (Lipinski definition) is 4. The normalized spacial score (nSPS) is 42.0. The van der Waals surface area contributed by atoms with Gasteiger partial charge in [0.2, 0.25) is 0 Å². The molecule has 1 fully saturated rings. The van der Waals surface area contributed by atoms with Crippen LogP contribution < -0.4 is 5.32 Å². The van der Waals surface area contributed by atoms with E-state index >= 15 is 0 Å². The Balaban J connectivity index is 2.48. The zero-order valence-corrected chi connectivity index (χ0v) is 7.27. The van der Waals surface area contributed by atoms with Crippen molar-refractivity contribution < 1.29 is 15.3 Å². The van der Waals surface area contributed by atoms with E-state index in [2.05, 4.69) is 5.32 Å². The monoisotopic (exact) mass is 175 g/mol. The van der Waals surface area contributed by atoms with Gasteiger partial charge in [0, 0.05) is 6.04 Å². The molecule has 0 aromatic heterocycles. The van der Waals surface area contributed by atoms with E-state index in [-0.39, 0.29) is 18.7 Å². The quantitative estimate of drug-likeness (QED) is 0.436. The van der Waals surface area contributed by atoms with Crippen LogP contribution in [0.25, 0.3) is 0 Å².